The van der Waals surface area contributed by atoms with Gasteiger partial charge in [-0.05, 0) is 39.7 Å². The minimum atomic E-state index is -0.262. The Kier molecular flexibility index (Phi) is 2.15. The average molecular weight is 224 g/mol. The van der Waals surface area contributed by atoms with Crippen LogP contribution in [0, 0.1) is 5.82 Å². The maximum Gasteiger partial charge on any atom is 0.150 e. The minimum Gasteiger partial charge on any atom is -0.298 e. The predicted octanol–water partition coefficient (Wildman–Crippen LogP) is 3.94. The number of hydrogen-bond donors (Lipinski definition) is 0. The largest absolute Gasteiger partial charge is 0.298 e. The topological polar surface area (TPSA) is 17.1 Å². The second-order valence-electron chi connectivity index (χ2n) is 3.99. The highest BCUT2D eigenvalue weighted by atomic mass is 19.1. The third-order valence-electron chi connectivity index (χ3n) is 2.98. The van der Waals surface area contributed by atoms with E-state index in [1.165, 1.54) is 12.1 Å². The third-order valence-corrected chi connectivity index (χ3v) is 2.98. The van der Waals surface area contributed by atoms with E-state index in [1.807, 2.05) is 24.3 Å². The van der Waals surface area contributed by atoms with Gasteiger partial charge in [0.2, 0.25) is 0 Å². The molecule has 3 aromatic carbocycles. The molecule has 0 bridgehead atoms. The number of carbonyl (C=O) groups is 1. The van der Waals surface area contributed by atoms with E-state index in [0.29, 0.717) is 5.56 Å². The van der Waals surface area contributed by atoms with E-state index >= 15 is 0 Å². The van der Waals surface area contributed by atoms with E-state index < -0.39 is 0 Å². The Bertz CT molecular complexity index is 731. The molecule has 3 rings (SSSR count). The molecule has 0 amide bonds. The van der Waals surface area contributed by atoms with Crippen molar-refractivity contribution in [2.24, 2.45) is 0 Å². The van der Waals surface area contributed by atoms with Crippen molar-refractivity contribution in [2.75, 3.05) is 0 Å². The van der Waals surface area contributed by atoms with Gasteiger partial charge >= 0.3 is 0 Å². The summed E-state index contributed by atoms with van der Waals surface area (Å²) in [4.78, 5) is 11.1. The summed E-state index contributed by atoms with van der Waals surface area (Å²) in [5.74, 6) is -0.262. The van der Waals surface area contributed by atoms with Gasteiger partial charge in [0.05, 0.1) is 0 Å². The SMILES string of the molecule is O=Cc1cc2ccc(F)cc2c2ccccc12. The first-order valence-corrected chi connectivity index (χ1v) is 5.36. The quantitative estimate of drug-likeness (QED) is 0.452. The number of carbonyl (C=O) groups excluding carboxylic acids is 1. The number of aldehydes is 1. The van der Waals surface area contributed by atoms with E-state index in [0.717, 1.165) is 27.8 Å². The van der Waals surface area contributed by atoms with Crippen LogP contribution >= 0.6 is 0 Å². The Morgan fingerprint density at radius 2 is 1.65 bits per heavy atom. The van der Waals surface area contributed by atoms with Crippen LogP contribution < -0.4 is 0 Å². The number of hydrogen-bond acceptors (Lipinski definition) is 1. The Hall–Kier alpha value is -2.22. The molecule has 0 aliphatic carbocycles. The van der Waals surface area contributed by atoms with Gasteiger partial charge in [0.25, 0.3) is 0 Å². The van der Waals surface area contributed by atoms with Crippen LogP contribution in [0.2, 0.25) is 0 Å². The number of fused-ring (bicyclic) bond motifs is 3. The lowest BCUT2D eigenvalue weighted by Gasteiger charge is -2.06. The minimum absolute atomic E-state index is 0.262. The van der Waals surface area contributed by atoms with Crippen LogP contribution in [0.1, 0.15) is 10.4 Å². The molecule has 2 heteroatoms. The second kappa shape index (κ2) is 3.67. The molecular weight excluding hydrogens is 215 g/mol. The zero-order valence-electron chi connectivity index (χ0n) is 8.98. The predicted molar refractivity (Wildman–Crippen MR) is 66.8 cm³/mol. The van der Waals surface area contributed by atoms with Crippen LogP contribution in [0.5, 0.6) is 0 Å². The second-order valence-corrected chi connectivity index (χ2v) is 3.99. The molecule has 0 saturated heterocycles. The van der Waals surface area contributed by atoms with Crippen molar-refractivity contribution in [3.63, 3.8) is 0 Å². The summed E-state index contributed by atoms with van der Waals surface area (Å²) in [7, 11) is 0. The Balaban J connectivity index is 2.60. The van der Waals surface area contributed by atoms with E-state index in [-0.39, 0.29) is 5.82 Å². The van der Waals surface area contributed by atoms with Crippen molar-refractivity contribution >= 4 is 27.8 Å². The van der Waals surface area contributed by atoms with Crippen molar-refractivity contribution in [1.29, 1.82) is 0 Å². The maximum absolute atomic E-state index is 13.3. The highest BCUT2D eigenvalue weighted by Crippen LogP contribution is 2.28. The van der Waals surface area contributed by atoms with Crippen molar-refractivity contribution in [3.8, 4) is 0 Å². The van der Waals surface area contributed by atoms with E-state index in [9.17, 15) is 9.18 Å². The summed E-state index contributed by atoms with van der Waals surface area (Å²) >= 11 is 0. The van der Waals surface area contributed by atoms with Crippen molar-refractivity contribution in [3.05, 3.63) is 59.9 Å². The van der Waals surface area contributed by atoms with E-state index in [1.54, 1.807) is 12.1 Å². The van der Waals surface area contributed by atoms with Crippen molar-refractivity contribution in [2.45, 2.75) is 0 Å². The molecule has 0 heterocycles. The van der Waals surface area contributed by atoms with Crippen LogP contribution in [0.25, 0.3) is 21.5 Å². The first-order chi connectivity index (χ1) is 8.29. The zero-order chi connectivity index (χ0) is 11.8. The summed E-state index contributed by atoms with van der Waals surface area (Å²) < 4.78 is 13.3. The molecule has 0 atom stereocenters. The number of benzene rings is 3. The molecule has 0 radical (unpaired) electrons. The summed E-state index contributed by atoms with van der Waals surface area (Å²) in [6.45, 7) is 0. The van der Waals surface area contributed by atoms with Crippen LogP contribution in [0.15, 0.2) is 48.5 Å². The summed E-state index contributed by atoms with van der Waals surface area (Å²) in [5.41, 5.74) is 0.639. The summed E-state index contributed by atoms with van der Waals surface area (Å²) in [5, 5.41) is 3.49. The lowest BCUT2D eigenvalue weighted by Crippen LogP contribution is -1.86. The van der Waals surface area contributed by atoms with E-state index in [2.05, 4.69) is 0 Å². The van der Waals surface area contributed by atoms with Crippen LogP contribution in [0.4, 0.5) is 4.39 Å². The van der Waals surface area contributed by atoms with Gasteiger partial charge in [-0.1, -0.05) is 30.3 Å². The van der Waals surface area contributed by atoms with Crippen molar-refractivity contribution < 1.29 is 9.18 Å². The fraction of sp³-hybridized carbons (Fsp3) is 0. The van der Waals surface area contributed by atoms with Crippen LogP contribution in [-0.4, -0.2) is 6.29 Å². The van der Waals surface area contributed by atoms with Gasteiger partial charge in [0.1, 0.15) is 5.82 Å². The van der Waals surface area contributed by atoms with Gasteiger partial charge in [0.15, 0.2) is 6.29 Å². The fourth-order valence-electron chi connectivity index (χ4n) is 2.20. The molecule has 0 unspecified atom stereocenters. The molecule has 0 aromatic heterocycles. The molecule has 0 fully saturated rings. The Morgan fingerprint density at radius 1 is 0.882 bits per heavy atom. The van der Waals surface area contributed by atoms with E-state index in [4.69, 9.17) is 0 Å². The van der Waals surface area contributed by atoms with Crippen LogP contribution in [-0.2, 0) is 0 Å². The monoisotopic (exact) mass is 224 g/mol. The smallest absolute Gasteiger partial charge is 0.150 e. The molecule has 0 saturated carbocycles. The van der Waals surface area contributed by atoms with Gasteiger partial charge in [-0.3, -0.25) is 4.79 Å². The molecule has 0 spiro atoms. The Labute approximate surface area is 97.5 Å². The molecule has 0 N–H and O–H groups in total. The summed E-state index contributed by atoms with van der Waals surface area (Å²) in [6, 6.07) is 14.0. The van der Waals surface area contributed by atoms with Gasteiger partial charge in [-0.2, -0.15) is 0 Å². The summed E-state index contributed by atoms with van der Waals surface area (Å²) in [6.07, 6.45) is 0.838. The highest BCUT2D eigenvalue weighted by Gasteiger charge is 2.06. The standard InChI is InChI=1S/C15H9FO/c16-12-6-5-10-7-11(9-17)13-3-1-2-4-14(13)15(10)8-12/h1-9H. The molecular formula is C15H9FO. The Morgan fingerprint density at radius 3 is 2.41 bits per heavy atom. The molecule has 17 heavy (non-hydrogen) atoms. The highest BCUT2D eigenvalue weighted by molar-refractivity contribution is 6.13. The number of rotatable bonds is 1. The van der Waals surface area contributed by atoms with Crippen LogP contribution in [0.3, 0.4) is 0 Å². The van der Waals surface area contributed by atoms with Crippen molar-refractivity contribution in [1.82, 2.24) is 0 Å². The fourth-order valence-corrected chi connectivity index (χ4v) is 2.20. The lowest BCUT2D eigenvalue weighted by atomic mass is 9.98. The molecule has 1 nitrogen and oxygen atoms in total. The van der Waals surface area contributed by atoms with Gasteiger partial charge in [0, 0.05) is 5.56 Å². The van der Waals surface area contributed by atoms with Gasteiger partial charge < -0.3 is 0 Å². The molecule has 0 aliphatic rings. The first kappa shape index (κ1) is 9.97. The molecule has 3 aromatic rings. The first-order valence-electron chi connectivity index (χ1n) is 5.36. The molecule has 0 aliphatic heterocycles. The number of halogens is 1. The molecule has 82 valence electrons. The third kappa shape index (κ3) is 1.49. The normalized spacial score (nSPS) is 10.9. The lowest BCUT2D eigenvalue weighted by molar-refractivity contribution is 0.112. The van der Waals surface area contributed by atoms with Gasteiger partial charge in [-0.25, -0.2) is 4.39 Å². The van der Waals surface area contributed by atoms with Gasteiger partial charge in [-0.15, -0.1) is 0 Å². The maximum atomic E-state index is 13.3. The average Bonchev–Trinajstić information content (AvgIpc) is 2.38. The zero-order valence-corrected chi connectivity index (χ0v) is 8.98.